The lowest BCUT2D eigenvalue weighted by atomic mass is 10.0. The smallest absolute Gasteiger partial charge is 0.240 e. The summed E-state index contributed by atoms with van der Waals surface area (Å²) in [5.74, 6) is 1.35. The Balaban J connectivity index is 2.02. The first-order valence-electron chi connectivity index (χ1n) is 7.90. The molecule has 1 N–H and O–H groups in total. The predicted octanol–water partition coefficient (Wildman–Crippen LogP) is 3.83. The second-order valence-electron chi connectivity index (χ2n) is 5.74. The fourth-order valence-corrected chi connectivity index (χ4v) is 3.55. The molecular weight excluding hydrogens is 362 g/mol. The number of para-hydroxylation sites is 1. The Labute approximate surface area is 154 Å². The number of ether oxygens (including phenoxy) is 2. The second-order valence-corrected chi connectivity index (χ2v) is 7.91. The number of hydrogen-bond acceptors (Lipinski definition) is 4. The van der Waals surface area contributed by atoms with Crippen molar-refractivity contribution in [2.24, 2.45) is 0 Å². The maximum atomic E-state index is 12.5. The third kappa shape index (κ3) is 5.11. The number of sulfonamides is 1. The van der Waals surface area contributed by atoms with Crippen LogP contribution >= 0.6 is 11.6 Å². The molecule has 2 aromatic rings. The minimum Gasteiger partial charge on any atom is -0.496 e. The molecule has 136 valence electrons. The van der Waals surface area contributed by atoms with Gasteiger partial charge in [-0.3, -0.25) is 0 Å². The molecule has 25 heavy (non-hydrogen) atoms. The number of rotatable bonds is 8. The zero-order chi connectivity index (χ0) is 18.4. The third-order valence-corrected chi connectivity index (χ3v) is 5.39. The van der Waals surface area contributed by atoms with Gasteiger partial charge < -0.3 is 9.47 Å². The normalized spacial score (nSPS) is 11.6. The Morgan fingerprint density at radius 2 is 1.84 bits per heavy atom. The van der Waals surface area contributed by atoms with Crippen LogP contribution in [0.15, 0.2) is 47.4 Å². The van der Waals surface area contributed by atoms with Crippen molar-refractivity contribution in [3.05, 3.63) is 53.1 Å². The van der Waals surface area contributed by atoms with Crippen LogP contribution in [-0.2, 0) is 10.0 Å². The van der Waals surface area contributed by atoms with Crippen LogP contribution in [0.4, 0.5) is 0 Å². The van der Waals surface area contributed by atoms with Crippen molar-refractivity contribution in [2.75, 3.05) is 20.3 Å². The van der Waals surface area contributed by atoms with E-state index in [4.69, 9.17) is 21.1 Å². The van der Waals surface area contributed by atoms with Crippen molar-refractivity contribution in [2.45, 2.75) is 24.7 Å². The van der Waals surface area contributed by atoms with Crippen molar-refractivity contribution in [3.63, 3.8) is 0 Å². The molecule has 2 aromatic carbocycles. The fourth-order valence-electron chi connectivity index (χ4n) is 2.31. The summed E-state index contributed by atoms with van der Waals surface area (Å²) < 4.78 is 38.2. The molecule has 0 bridgehead atoms. The molecule has 0 amide bonds. The maximum Gasteiger partial charge on any atom is 0.240 e. The Bertz CT molecular complexity index is 822. The van der Waals surface area contributed by atoms with E-state index in [1.54, 1.807) is 43.5 Å². The van der Waals surface area contributed by atoms with Crippen LogP contribution in [0.2, 0.25) is 5.02 Å². The fraction of sp³-hybridized carbons (Fsp3) is 0.333. The molecule has 0 aromatic heterocycles. The van der Waals surface area contributed by atoms with Crippen LogP contribution in [0, 0.1) is 0 Å². The lowest BCUT2D eigenvalue weighted by Crippen LogP contribution is -2.28. The van der Waals surface area contributed by atoms with E-state index in [0.29, 0.717) is 16.5 Å². The molecule has 0 aliphatic heterocycles. The molecule has 5 nitrogen and oxygen atoms in total. The SMILES string of the molecule is COc1ccc(S(=O)(=O)NCCOc2ccccc2Cl)cc1C(C)C. The Kier molecular flexibility index (Phi) is 6.70. The lowest BCUT2D eigenvalue weighted by Gasteiger charge is -2.14. The van der Waals surface area contributed by atoms with Crippen LogP contribution in [-0.4, -0.2) is 28.7 Å². The van der Waals surface area contributed by atoms with Gasteiger partial charge in [-0.15, -0.1) is 0 Å². The van der Waals surface area contributed by atoms with Gasteiger partial charge in [0.2, 0.25) is 10.0 Å². The van der Waals surface area contributed by atoms with Gasteiger partial charge in [0.25, 0.3) is 0 Å². The first kappa shape index (κ1) is 19.6. The Morgan fingerprint density at radius 1 is 1.12 bits per heavy atom. The highest BCUT2D eigenvalue weighted by molar-refractivity contribution is 7.89. The minimum atomic E-state index is -3.62. The van der Waals surface area contributed by atoms with Crippen LogP contribution in [0.1, 0.15) is 25.3 Å². The average Bonchev–Trinajstić information content (AvgIpc) is 2.59. The number of hydrogen-bond donors (Lipinski definition) is 1. The number of halogens is 1. The topological polar surface area (TPSA) is 64.6 Å². The summed E-state index contributed by atoms with van der Waals surface area (Å²) in [5, 5.41) is 0.488. The molecule has 0 atom stereocenters. The maximum absolute atomic E-state index is 12.5. The third-order valence-electron chi connectivity index (χ3n) is 3.62. The van der Waals surface area contributed by atoms with E-state index < -0.39 is 10.0 Å². The highest BCUT2D eigenvalue weighted by atomic mass is 35.5. The monoisotopic (exact) mass is 383 g/mol. The zero-order valence-electron chi connectivity index (χ0n) is 14.5. The van der Waals surface area contributed by atoms with Crippen molar-refractivity contribution in [3.8, 4) is 11.5 Å². The summed E-state index contributed by atoms with van der Waals surface area (Å²) in [5.41, 5.74) is 0.845. The predicted molar refractivity (Wildman–Crippen MR) is 99.2 cm³/mol. The van der Waals surface area contributed by atoms with Crippen LogP contribution in [0.3, 0.4) is 0 Å². The molecular formula is C18H22ClNO4S. The number of nitrogens with one attached hydrogen (secondary N) is 1. The van der Waals surface area contributed by atoms with Crippen molar-refractivity contribution in [1.82, 2.24) is 4.72 Å². The number of benzene rings is 2. The molecule has 0 fully saturated rings. The summed E-state index contributed by atoms with van der Waals surface area (Å²) >= 11 is 5.99. The van der Waals surface area contributed by atoms with Gasteiger partial charge in [0, 0.05) is 6.54 Å². The van der Waals surface area contributed by atoms with Gasteiger partial charge in [-0.2, -0.15) is 0 Å². The zero-order valence-corrected chi connectivity index (χ0v) is 16.0. The summed E-state index contributed by atoms with van der Waals surface area (Å²) in [4.78, 5) is 0.203. The molecule has 0 saturated heterocycles. The quantitative estimate of drug-likeness (QED) is 0.703. The standard InChI is InChI=1S/C18H22ClNO4S/c1-13(2)15-12-14(8-9-17(15)23-3)25(21,22)20-10-11-24-18-7-5-4-6-16(18)19/h4-9,12-13,20H,10-11H2,1-3H3. The van der Waals surface area contributed by atoms with E-state index in [-0.39, 0.29) is 24.0 Å². The highest BCUT2D eigenvalue weighted by Gasteiger charge is 2.17. The Morgan fingerprint density at radius 3 is 2.48 bits per heavy atom. The van der Waals surface area contributed by atoms with E-state index in [1.807, 2.05) is 13.8 Å². The van der Waals surface area contributed by atoms with E-state index in [1.165, 1.54) is 6.07 Å². The summed E-state index contributed by atoms with van der Waals surface area (Å²) in [7, 11) is -2.06. The molecule has 0 aliphatic carbocycles. The lowest BCUT2D eigenvalue weighted by molar-refractivity contribution is 0.323. The highest BCUT2D eigenvalue weighted by Crippen LogP contribution is 2.28. The largest absolute Gasteiger partial charge is 0.496 e. The average molecular weight is 384 g/mol. The van der Waals surface area contributed by atoms with E-state index in [2.05, 4.69) is 4.72 Å². The summed E-state index contributed by atoms with van der Waals surface area (Å²) in [6.07, 6.45) is 0. The summed E-state index contributed by atoms with van der Waals surface area (Å²) in [6.45, 7) is 4.28. The van der Waals surface area contributed by atoms with Gasteiger partial charge in [0.05, 0.1) is 17.0 Å². The van der Waals surface area contributed by atoms with Gasteiger partial charge in [-0.05, 0) is 41.8 Å². The van der Waals surface area contributed by atoms with Crippen molar-refractivity contribution >= 4 is 21.6 Å². The molecule has 0 heterocycles. The van der Waals surface area contributed by atoms with E-state index in [9.17, 15) is 8.42 Å². The van der Waals surface area contributed by atoms with E-state index >= 15 is 0 Å². The molecule has 0 radical (unpaired) electrons. The van der Waals surface area contributed by atoms with Gasteiger partial charge >= 0.3 is 0 Å². The van der Waals surface area contributed by atoms with E-state index in [0.717, 1.165) is 5.56 Å². The molecule has 0 unspecified atom stereocenters. The van der Waals surface area contributed by atoms with Crippen molar-refractivity contribution < 1.29 is 17.9 Å². The van der Waals surface area contributed by atoms with Gasteiger partial charge in [0.15, 0.2) is 0 Å². The molecule has 0 aliphatic rings. The first-order chi connectivity index (χ1) is 11.8. The first-order valence-corrected chi connectivity index (χ1v) is 9.76. The van der Waals surface area contributed by atoms with Gasteiger partial charge in [-0.25, -0.2) is 13.1 Å². The minimum absolute atomic E-state index is 0.136. The van der Waals surface area contributed by atoms with Crippen LogP contribution in [0.25, 0.3) is 0 Å². The number of methoxy groups -OCH3 is 1. The van der Waals surface area contributed by atoms with Crippen molar-refractivity contribution in [1.29, 1.82) is 0 Å². The second kappa shape index (κ2) is 8.56. The van der Waals surface area contributed by atoms with Gasteiger partial charge in [-0.1, -0.05) is 37.6 Å². The molecule has 2 rings (SSSR count). The molecule has 0 saturated carbocycles. The molecule has 7 heteroatoms. The molecule has 0 spiro atoms. The van der Waals surface area contributed by atoms with Gasteiger partial charge in [0.1, 0.15) is 18.1 Å². The summed E-state index contributed by atoms with van der Waals surface area (Å²) in [6, 6.07) is 11.9. The van der Waals surface area contributed by atoms with Crippen LogP contribution in [0.5, 0.6) is 11.5 Å². The van der Waals surface area contributed by atoms with Crippen LogP contribution < -0.4 is 14.2 Å². The Hall–Kier alpha value is -1.76.